The highest BCUT2D eigenvalue weighted by molar-refractivity contribution is 5.39. The van der Waals surface area contributed by atoms with Gasteiger partial charge in [-0.1, -0.05) is 19.3 Å². The van der Waals surface area contributed by atoms with Crippen LogP contribution >= 0.6 is 0 Å². The first-order valence-electron chi connectivity index (χ1n) is 7.84. The summed E-state index contributed by atoms with van der Waals surface area (Å²) in [6.07, 6.45) is -8.34. The first-order chi connectivity index (χ1) is 11.4. The Hall–Kier alpha value is -1.35. The zero-order chi connectivity index (χ0) is 19.0. The molecule has 2 nitrogen and oxygen atoms in total. The van der Waals surface area contributed by atoms with E-state index in [1.165, 1.54) is 0 Å². The van der Waals surface area contributed by atoms with Crippen molar-refractivity contribution < 1.29 is 35.8 Å². The van der Waals surface area contributed by atoms with E-state index in [2.05, 4.69) is 0 Å². The van der Waals surface area contributed by atoms with E-state index < -0.39 is 52.9 Å². The molecule has 3 N–H and O–H groups in total. The second-order valence-electron chi connectivity index (χ2n) is 6.33. The molecule has 1 saturated carbocycles. The fourth-order valence-corrected chi connectivity index (χ4v) is 3.29. The third kappa shape index (κ3) is 4.44. The summed E-state index contributed by atoms with van der Waals surface area (Å²) in [5, 5.41) is 10.3. The van der Waals surface area contributed by atoms with Crippen molar-refractivity contribution in [3.05, 3.63) is 34.6 Å². The van der Waals surface area contributed by atoms with Gasteiger partial charge in [-0.25, -0.2) is 4.39 Å². The summed E-state index contributed by atoms with van der Waals surface area (Å²) >= 11 is 0. The van der Waals surface area contributed by atoms with Gasteiger partial charge in [-0.3, -0.25) is 0 Å². The number of aliphatic hydroxyl groups excluding tert-OH is 1. The average Bonchev–Trinajstić information content (AvgIpc) is 2.52. The van der Waals surface area contributed by atoms with Crippen molar-refractivity contribution in [1.82, 2.24) is 0 Å². The van der Waals surface area contributed by atoms with Gasteiger partial charge in [0.1, 0.15) is 5.82 Å². The van der Waals surface area contributed by atoms with Crippen molar-refractivity contribution in [2.24, 2.45) is 11.7 Å². The molecule has 25 heavy (non-hydrogen) atoms. The maximum atomic E-state index is 14.2. The van der Waals surface area contributed by atoms with Gasteiger partial charge >= 0.3 is 12.4 Å². The Morgan fingerprint density at radius 3 is 2.00 bits per heavy atom. The molecule has 0 saturated heterocycles. The molecule has 1 fully saturated rings. The molecular formula is C16H18F7NO. The van der Waals surface area contributed by atoms with Gasteiger partial charge in [0.25, 0.3) is 0 Å². The molecule has 1 aliphatic carbocycles. The van der Waals surface area contributed by atoms with Crippen LogP contribution in [-0.2, 0) is 12.4 Å². The lowest BCUT2D eigenvalue weighted by atomic mass is 9.80. The fourth-order valence-electron chi connectivity index (χ4n) is 3.29. The second-order valence-corrected chi connectivity index (χ2v) is 6.33. The third-order valence-corrected chi connectivity index (χ3v) is 4.60. The van der Waals surface area contributed by atoms with Gasteiger partial charge in [-0.2, -0.15) is 26.3 Å². The van der Waals surface area contributed by atoms with Crippen molar-refractivity contribution in [3.63, 3.8) is 0 Å². The van der Waals surface area contributed by atoms with Crippen molar-refractivity contribution in [2.45, 2.75) is 56.6 Å². The number of hydrogen-bond donors (Lipinski definition) is 2. The molecule has 9 heteroatoms. The predicted octanol–water partition coefficient (Wildman–Crippen LogP) is 4.80. The minimum Gasteiger partial charge on any atom is -0.391 e. The molecule has 0 radical (unpaired) electrons. The molecule has 142 valence electrons. The zero-order valence-electron chi connectivity index (χ0n) is 13.1. The normalized spacial score (nSPS) is 19.7. The fraction of sp³-hybridized carbons (Fsp3) is 0.625. The monoisotopic (exact) mass is 373 g/mol. The molecule has 0 heterocycles. The number of aliphatic hydroxyl groups is 1. The van der Waals surface area contributed by atoms with Crippen molar-refractivity contribution in [2.75, 3.05) is 0 Å². The highest BCUT2D eigenvalue weighted by Gasteiger charge is 2.42. The van der Waals surface area contributed by atoms with Crippen molar-refractivity contribution in [3.8, 4) is 0 Å². The van der Waals surface area contributed by atoms with Crippen LogP contribution in [0.2, 0.25) is 0 Å². The third-order valence-electron chi connectivity index (χ3n) is 4.60. The van der Waals surface area contributed by atoms with E-state index in [0.717, 1.165) is 19.3 Å². The molecule has 2 atom stereocenters. The minimum atomic E-state index is -5.23. The average molecular weight is 373 g/mol. The number of rotatable bonds is 3. The van der Waals surface area contributed by atoms with Crippen LogP contribution in [0.15, 0.2) is 12.1 Å². The Morgan fingerprint density at radius 1 is 0.960 bits per heavy atom. The lowest BCUT2D eigenvalue weighted by Crippen LogP contribution is -2.36. The summed E-state index contributed by atoms with van der Waals surface area (Å²) in [5.74, 6) is -2.13. The molecule has 1 aromatic carbocycles. The highest BCUT2D eigenvalue weighted by atomic mass is 19.4. The predicted molar refractivity (Wildman–Crippen MR) is 75.9 cm³/mol. The van der Waals surface area contributed by atoms with Gasteiger partial charge in [-0.05, 0) is 30.9 Å². The van der Waals surface area contributed by atoms with Gasteiger partial charge in [0.05, 0.1) is 23.3 Å². The van der Waals surface area contributed by atoms with E-state index in [1.54, 1.807) is 0 Å². The maximum Gasteiger partial charge on any atom is 0.416 e. The van der Waals surface area contributed by atoms with Crippen LogP contribution in [0.3, 0.4) is 0 Å². The van der Waals surface area contributed by atoms with Crippen LogP contribution in [0, 0.1) is 11.7 Å². The Labute approximate surface area is 139 Å². The molecule has 0 aromatic heterocycles. The number of nitrogens with two attached hydrogens (primary N) is 1. The van der Waals surface area contributed by atoms with Crippen LogP contribution < -0.4 is 5.73 Å². The zero-order valence-corrected chi connectivity index (χ0v) is 13.1. The lowest BCUT2D eigenvalue weighted by Gasteiger charge is -2.32. The maximum absolute atomic E-state index is 14.2. The molecule has 0 unspecified atom stereocenters. The first-order valence-corrected chi connectivity index (χ1v) is 7.84. The molecule has 0 aliphatic heterocycles. The Kier molecular flexibility index (Phi) is 5.68. The van der Waals surface area contributed by atoms with E-state index >= 15 is 0 Å². The van der Waals surface area contributed by atoms with Gasteiger partial charge in [0, 0.05) is 5.56 Å². The van der Waals surface area contributed by atoms with Gasteiger partial charge in [0.15, 0.2) is 0 Å². The minimum absolute atomic E-state index is 0.0158. The molecule has 1 aliphatic rings. The van der Waals surface area contributed by atoms with Crippen molar-refractivity contribution >= 4 is 0 Å². The van der Waals surface area contributed by atoms with Gasteiger partial charge < -0.3 is 10.8 Å². The smallest absolute Gasteiger partial charge is 0.391 e. The van der Waals surface area contributed by atoms with E-state index in [-0.39, 0.29) is 12.1 Å². The summed E-state index contributed by atoms with van der Waals surface area (Å²) in [4.78, 5) is 0. The molecule has 0 bridgehead atoms. The van der Waals surface area contributed by atoms with Crippen LogP contribution in [0.5, 0.6) is 0 Å². The standard InChI is InChI=1S/C16H18F7NO/c17-11-7-9(15(18,19)20)6-10(16(21,22)23)12(11)13(24)14(25)8-4-2-1-3-5-8/h6-8,13-14,25H,1-5,24H2/t13-,14+/m0/s1. The summed E-state index contributed by atoms with van der Waals surface area (Å²) in [5.41, 5.74) is 0.976. The molecule has 1 aromatic rings. The number of benzene rings is 1. The molecule has 0 spiro atoms. The molecule has 2 rings (SSSR count). The van der Waals surface area contributed by atoms with E-state index in [4.69, 9.17) is 5.73 Å². The Bertz CT molecular complexity index is 606. The van der Waals surface area contributed by atoms with Crippen LogP contribution in [0.4, 0.5) is 30.7 Å². The lowest BCUT2D eigenvalue weighted by molar-refractivity contribution is -0.144. The topological polar surface area (TPSA) is 46.2 Å². The summed E-state index contributed by atoms with van der Waals surface area (Å²) in [6, 6.07) is -1.94. The second kappa shape index (κ2) is 7.11. The molecule has 0 amide bonds. The van der Waals surface area contributed by atoms with Gasteiger partial charge in [0.2, 0.25) is 0 Å². The van der Waals surface area contributed by atoms with Crippen molar-refractivity contribution in [1.29, 1.82) is 0 Å². The Morgan fingerprint density at radius 2 is 1.52 bits per heavy atom. The van der Waals surface area contributed by atoms with Crippen LogP contribution in [0.25, 0.3) is 0 Å². The number of alkyl halides is 6. The van der Waals surface area contributed by atoms with E-state index in [9.17, 15) is 35.8 Å². The number of hydrogen-bond acceptors (Lipinski definition) is 2. The summed E-state index contributed by atoms with van der Waals surface area (Å²) in [7, 11) is 0. The van der Waals surface area contributed by atoms with E-state index in [1.807, 2.05) is 0 Å². The molecular weight excluding hydrogens is 355 g/mol. The quantitative estimate of drug-likeness (QED) is 0.748. The first kappa shape index (κ1) is 20.0. The summed E-state index contributed by atoms with van der Waals surface area (Å²) < 4.78 is 91.8. The van der Waals surface area contributed by atoms with Crippen LogP contribution in [-0.4, -0.2) is 11.2 Å². The van der Waals surface area contributed by atoms with E-state index in [0.29, 0.717) is 12.8 Å². The summed E-state index contributed by atoms with van der Waals surface area (Å²) in [6.45, 7) is 0. The SMILES string of the molecule is N[C@@H](c1c(F)cc(C(F)(F)F)cc1C(F)(F)F)[C@H](O)C1CCCCC1. The number of halogens is 7. The van der Waals surface area contributed by atoms with Gasteiger partial charge in [-0.15, -0.1) is 0 Å². The highest BCUT2D eigenvalue weighted by Crippen LogP contribution is 2.42. The largest absolute Gasteiger partial charge is 0.416 e. The van der Waals surface area contributed by atoms with Crippen LogP contribution in [0.1, 0.15) is 54.8 Å². The Balaban J connectivity index is 2.48.